The van der Waals surface area contributed by atoms with Crippen molar-refractivity contribution in [1.29, 1.82) is 0 Å². The van der Waals surface area contributed by atoms with Crippen LogP contribution in [-0.4, -0.2) is 37.2 Å². The molecule has 370 valence electrons. The van der Waals surface area contributed by atoms with E-state index in [0.717, 1.165) is 77.0 Å². The largest absolute Gasteiger partial charge is 0.462 e. The Hall–Kier alpha value is -5.23. The van der Waals surface area contributed by atoms with Crippen LogP contribution in [0.4, 0.5) is 0 Å². The summed E-state index contributed by atoms with van der Waals surface area (Å²) in [6.45, 7) is 6.16. The zero-order valence-corrected chi connectivity index (χ0v) is 42.1. The molecule has 0 aliphatic carbocycles. The molecule has 0 saturated carbocycles. The number of carbonyl (C=O) groups is 3. The molecular formula is C61H90O6. The summed E-state index contributed by atoms with van der Waals surface area (Å²) in [5.74, 6) is -1.19. The van der Waals surface area contributed by atoms with Gasteiger partial charge in [-0.15, -0.1) is 0 Å². The maximum atomic E-state index is 12.8. The molecule has 0 heterocycles. The van der Waals surface area contributed by atoms with E-state index in [2.05, 4.69) is 124 Å². The first-order valence-electron chi connectivity index (χ1n) is 25.7. The number of ether oxygens (including phenoxy) is 3. The zero-order chi connectivity index (χ0) is 48.6. The van der Waals surface area contributed by atoms with Crippen LogP contribution in [0.3, 0.4) is 0 Å². The lowest BCUT2D eigenvalue weighted by Gasteiger charge is -2.18. The average Bonchev–Trinajstić information content (AvgIpc) is 3.33. The van der Waals surface area contributed by atoms with Crippen LogP contribution in [0.5, 0.6) is 0 Å². The molecule has 1 unspecified atom stereocenters. The molecule has 0 spiro atoms. The highest BCUT2D eigenvalue weighted by molar-refractivity contribution is 5.71. The molecule has 0 rings (SSSR count). The summed E-state index contributed by atoms with van der Waals surface area (Å²) in [7, 11) is 0. The fourth-order valence-corrected chi connectivity index (χ4v) is 6.04. The Labute approximate surface area is 409 Å². The Balaban J connectivity index is 4.71. The van der Waals surface area contributed by atoms with Crippen LogP contribution in [0.25, 0.3) is 0 Å². The summed E-state index contributed by atoms with van der Waals surface area (Å²) in [6.07, 6.45) is 79.4. The van der Waals surface area contributed by atoms with Gasteiger partial charge in [-0.1, -0.05) is 223 Å². The Morgan fingerprint density at radius 1 is 0.328 bits per heavy atom. The van der Waals surface area contributed by atoms with Gasteiger partial charge in [0.1, 0.15) is 13.2 Å². The molecule has 6 heteroatoms. The number of rotatable bonds is 43. The molecule has 0 N–H and O–H groups in total. The van der Waals surface area contributed by atoms with Crippen LogP contribution in [0.15, 0.2) is 170 Å². The molecule has 0 radical (unpaired) electrons. The van der Waals surface area contributed by atoms with Gasteiger partial charge >= 0.3 is 17.9 Å². The Morgan fingerprint density at radius 2 is 0.687 bits per heavy atom. The Morgan fingerprint density at radius 3 is 1.18 bits per heavy atom. The summed E-state index contributed by atoms with van der Waals surface area (Å²) in [5, 5.41) is 0. The normalized spacial score (nSPS) is 13.5. The van der Waals surface area contributed by atoms with Gasteiger partial charge in [-0.05, 0) is 103 Å². The number of allylic oxidation sites excluding steroid dienone is 28. The topological polar surface area (TPSA) is 78.9 Å². The van der Waals surface area contributed by atoms with Crippen molar-refractivity contribution in [2.45, 2.75) is 181 Å². The number of carbonyl (C=O) groups excluding carboxylic acids is 3. The smallest absolute Gasteiger partial charge is 0.306 e. The maximum absolute atomic E-state index is 12.8. The first-order chi connectivity index (χ1) is 33.0. The Bertz CT molecular complexity index is 1620. The lowest BCUT2D eigenvalue weighted by molar-refractivity contribution is -0.166. The summed E-state index contributed by atoms with van der Waals surface area (Å²) in [5.41, 5.74) is 0. The van der Waals surface area contributed by atoms with Gasteiger partial charge in [0, 0.05) is 19.3 Å². The second kappa shape index (κ2) is 53.4. The summed E-state index contributed by atoms with van der Waals surface area (Å²) in [4.78, 5) is 37.9. The summed E-state index contributed by atoms with van der Waals surface area (Å²) < 4.78 is 16.6. The average molecular weight is 919 g/mol. The van der Waals surface area contributed by atoms with E-state index in [4.69, 9.17) is 14.2 Å². The second-order valence-electron chi connectivity index (χ2n) is 16.1. The molecule has 0 aromatic carbocycles. The first-order valence-corrected chi connectivity index (χ1v) is 25.7. The van der Waals surface area contributed by atoms with Gasteiger partial charge in [0.05, 0.1) is 0 Å². The van der Waals surface area contributed by atoms with Crippen LogP contribution >= 0.6 is 0 Å². The highest BCUT2D eigenvalue weighted by Crippen LogP contribution is 2.09. The zero-order valence-electron chi connectivity index (χ0n) is 42.1. The minimum Gasteiger partial charge on any atom is -0.462 e. The van der Waals surface area contributed by atoms with Crippen molar-refractivity contribution in [3.63, 3.8) is 0 Å². The third kappa shape index (κ3) is 51.6. The third-order valence-electron chi connectivity index (χ3n) is 9.83. The minimum absolute atomic E-state index is 0.168. The Kier molecular flexibility index (Phi) is 49.2. The van der Waals surface area contributed by atoms with Crippen molar-refractivity contribution >= 4 is 17.9 Å². The van der Waals surface area contributed by atoms with E-state index in [1.807, 2.05) is 66.8 Å². The number of hydrogen-bond donors (Lipinski definition) is 0. The molecule has 0 saturated heterocycles. The predicted molar refractivity (Wildman–Crippen MR) is 288 cm³/mol. The molecule has 0 aliphatic rings. The van der Waals surface area contributed by atoms with E-state index in [-0.39, 0.29) is 38.4 Å². The first kappa shape index (κ1) is 61.8. The lowest BCUT2D eigenvalue weighted by Crippen LogP contribution is -2.30. The van der Waals surface area contributed by atoms with Crippen LogP contribution in [0.2, 0.25) is 0 Å². The molecule has 67 heavy (non-hydrogen) atoms. The summed E-state index contributed by atoms with van der Waals surface area (Å²) in [6, 6.07) is 0. The van der Waals surface area contributed by atoms with Crippen molar-refractivity contribution in [3.8, 4) is 0 Å². The van der Waals surface area contributed by atoms with E-state index in [1.165, 1.54) is 38.5 Å². The van der Waals surface area contributed by atoms with Gasteiger partial charge < -0.3 is 14.2 Å². The van der Waals surface area contributed by atoms with Crippen LogP contribution in [-0.2, 0) is 28.6 Å². The van der Waals surface area contributed by atoms with Gasteiger partial charge in [0.25, 0.3) is 0 Å². The monoisotopic (exact) mass is 919 g/mol. The van der Waals surface area contributed by atoms with E-state index in [9.17, 15) is 14.4 Å². The minimum atomic E-state index is -0.873. The molecule has 0 aromatic rings. The quantitative estimate of drug-likeness (QED) is 0.0199. The fourth-order valence-electron chi connectivity index (χ4n) is 6.04. The van der Waals surface area contributed by atoms with Crippen molar-refractivity contribution in [1.82, 2.24) is 0 Å². The highest BCUT2D eigenvalue weighted by atomic mass is 16.6. The third-order valence-corrected chi connectivity index (χ3v) is 9.83. The molecule has 0 bridgehead atoms. The molecule has 1 atom stereocenters. The molecule has 0 fully saturated rings. The molecular weight excluding hydrogens is 829 g/mol. The van der Waals surface area contributed by atoms with Crippen molar-refractivity contribution in [3.05, 3.63) is 170 Å². The number of unbranched alkanes of at least 4 members (excludes halogenated alkanes) is 8. The number of esters is 3. The van der Waals surface area contributed by atoms with Gasteiger partial charge in [0.15, 0.2) is 6.10 Å². The number of hydrogen-bond acceptors (Lipinski definition) is 6. The predicted octanol–water partition coefficient (Wildman–Crippen LogP) is 17.2. The molecule has 0 aromatic heterocycles. The van der Waals surface area contributed by atoms with Crippen molar-refractivity contribution in [2.24, 2.45) is 0 Å². The van der Waals surface area contributed by atoms with Gasteiger partial charge in [-0.3, -0.25) is 14.4 Å². The molecule has 0 amide bonds. The molecule has 0 aliphatic heterocycles. The van der Waals surface area contributed by atoms with E-state index < -0.39 is 18.0 Å². The van der Waals surface area contributed by atoms with Crippen molar-refractivity contribution < 1.29 is 28.6 Å². The van der Waals surface area contributed by atoms with Crippen molar-refractivity contribution in [2.75, 3.05) is 13.2 Å². The van der Waals surface area contributed by atoms with Gasteiger partial charge in [-0.25, -0.2) is 0 Å². The second-order valence-corrected chi connectivity index (χ2v) is 16.1. The van der Waals surface area contributed by atoms with E-state index in [1.54, 1.807) is 0 Å². The SMILES string of the molecule is CC/C=C/C=C/C=C/C=C/C=C/CCCC(=O)OCC(COC(=O)CC/C=C/C/C=C/C/C=C/C/C=C/C/C=C/C/C=C/CC)OC(=O)CCC/C=C/C/C=C/C/C=C/CCCCCCCC. The lowest BCUT2D eigenvalue weighted by atomic mass is 10.1. The summed E-state index contributed by atoms with van der Waals surface area (Å²) >= 11 is 0. The maximum Gasteiger partial charge on any atom is 0.306 e. The standard InChI is InChI=1S/C61H90O6/c1-4-7-10-13-16-19-22-25-27-29-30-32-33-36-39-42-45-48-51-54-60(63)66-57-58(56-65-59(62)53-50-47-44-41-38-35-24-21-18-15-12-9-6-3)67-61(64)55-52-49-46-43-40-37-34-31-28-26-23-20-17-14-11-8-5-2/h7,9-10,12,15-16,18-19,21,24-28,30,32,34-39,41,43-46,48,58H,4-6,8,11,13-14,17,20,22-23,29,31,33,40,42,47,49-57H2,1-3H3/b10-7+,12-9+,18-15+,19-16+,24-21+,27-25+,28-26+,32-30+,37-34+,38-35+,39-36+,44-41+,46-43+,48-45+. The highest BCUT2D eigenvalue weighted by Gasteiger charge is 2.19. The van der Waals surface area contributed by atoms with Crippen LogP contribution in [0.1, 0.15) is 175 Å². The van der Waals surface area contributed by atoms with E-state index >= 15 is 0 Å². The van der Waals surface area contributed by atoms with Crippen LogP contribution in [0, 0.1) is 0 Å². The van der Waals surface area contributed by atoms with Gasteiger partial charge in [0.2, 0.25) is 0 Å². The fraction of sp³-hybridized carbons (Fsp3) is 0.492. The molecule has 6 nitrogen and oxygen atoms in total. The van der Waals surface area contributed by atoms with Gasteiger partial charge in [-0.2, -0.15) is 0 Å². The van der Waals surface area contributed by atoms with E-state index in [0.29, 0.717) is 19.3 Å². The van der Waals surface area contributed by atoms with Crippen LogP contribution < -0.4 is 0 Å².